The first kappa shape index (κ1) is 12.8. The Hall–Kier alpha value is -1.69. The number of piperidine rings is 1. The number of nitro groups is 1. The average molecular weight is 254 g/mol. The molecule has 1 N–H and O–H groups in total. The first-order chi connectivity index (χ1) is 8.54. The minimum atomic E-state index is -1.57. The summed E-state index contributed by atoms with van der Waals surface area (Å²) in [6.45, 7) is 0.335. The third kappa shape index (κ3) is 2.59. The van der Waals surface area contributed by atoms with Crippen molar-refractivity contribution in [3.05, 3.63) is 34.4 Å². The number of hydrogen-bond donors (Lipinski definition) is 1. The number of aliphatic hydroxyl groups is 1. The van der Waals surface area contributed by atoms with E-state index in [1.54, 1.807) is 12.1 Å². The summed E-state index contributed by atoms with van der Waals surface area (Å²) in [5.74, 6) is 0. The van der Waals surface area contributed by atoms with Crippen LogP contribution in [0.2, 0.25) is 0 Å². The molecule has 0 radical (unpaired) electrons. The number of nitro benzene ring substituents is 1. The number of benzene rings is 1. The van der Waals surface area contributed by atoms with Crippen LogP contribution in [0.15, 0.2) is 24.3 Å². The number of hydrogen-bond acceptors (Lipinski definition) is 4. The number of halogens is 1. The van der Waals surface area contributed by atoms with E-state index in [1.807, 2.05) is 4.90 Å². The Morgan fingerprint density at radius 2 is 2.11 bits per heavy atom. The lowest BCUT2D eigenvalue weighted by Gasteiger charge is -2.37. The molecule has 2 rings (SSSR count). The molecule has 0 saturated carbocycles. The number of alkyl halides is 1. The standard InChI is InChI=1S/C12H15FN2O3/c13-12(9-16)6-1-7-14(8-12)10-2-4-11(5-3-10)15(17)18/h2-5,16H,1,6-9H2. The van der Waals surface area contributed by atoms with Crippen molar-refractivity contribution in [3.8, 4) is 0 Å². The van der Waals surface area contributed by atoms with Gasteiger partial charge in [0.1, 0.15) is 0 Å². The second-order valence-electron chi connectivity index (χ2n) is 4.61. The van der Waals surface area contributed by atoms with Crippen LogP contribution >= 0.6 is 0 Å². The van der Waals surface area contributed by atoms with Crippen LogP contribution in [0.3, 0.4) is 0 Å². The van der Waals surface area contributed by atoms with E-state index < -0.39 is 17.2 Å². The van der Waals surface area contributed by atoms with Gasteiger partial charge in [0.05, 0.1) is 18.1 Å². The number of aliphatic hydroxyl groups excluding tert-OH is 1. The molecule has 0 aromatic heterocycles. The zero-order valence-corrected chi connectivity index (χ0v) is 9.88. The van der Waals surface area contributed by atoms with Crippen LogP contribution in [-0.4, -0.2) is 35.4 Å². The van der Waals surface area contributed by atoms with Gasteiger partial charge in [-0.05, 0) is 25.0 Å². The van der Waals surface area contributed by atoms with Crippen molar-refractivity contribution in [2.24, 2.45) is 0 Å². The first-order valence-electron chi connectivity index (χ1n) is 5.83. The summed E-state index contributed by atoms with van der Waals surface area (Å²) in [4.78, 5) is 11.9. The minimum absolute atomic E-state index is 0.0180. The topological polar surface area (TPSA) is 66.6 Å². The predicted octanol–water partition coefficient (Wildman–Crippen LogP) is 1.90. The maximum Gasteiger partial charge on any atom is 0.269 e. The molecular formula is C12H15FN2O3. The number of non-ortho nitro benzene ring substituents is 1. The van der Waals surface area contributed by atoms with Crippen molar-refractivity contribution in [2.45, 2.75) is 18.5 Å². The van der Waals surface area contributed by atoms with E-state index in [1.165, 1.54) is 12.1 Å². The highest BCUT2D eigenvalue weighted by molar-refractivity contribution is 5.51. The van der Waals surface area contributed by atoms with Gasteiger partial charge in [-0.3, -0.25) is 10.1 Å². The Labute approximate surface area is 104 Å². The molecule has 1 aromatic carbocycles. The maximum absolute atomic E-state index is 14.0. The molecule has 1 atom stereocenters. The summed E-state index contributed by atoms with van der Waals surface area (Å²) in [6.07, 6.45) is 1.01. The van der Waals surface area contributed by atoms with Gasteiger partial charge in [0.25, 0.3) is 5.69 Å². The highest BCUT2D eigenvalue weighted by Gasteiger charge is 2.34. The SMILES string of the molecule is O=[N+]([O-])c1ccc(N2CCCC(F)(CO)C2)cc1. The fourth-order valence-corrected chi connectivity index (χ4v) is 2.22. The maximum atomic E-state index is 14.0. The third-order valence-electron chi connectivity index (χ3n) is 3.24. The van der Waals surface area contributed by atoms with Crippen LogP contribution in [0.5, 0.6) is 0 Å². The molecule has 5 nitrogen and oxygen atoms in total. The smallest absolute Gasteiger partial charge is 0.269 e. The quantitative estimate of drug-likeness (QED) is 0.660. The monoisotopic (exact) mass is 254 g/mol. The van der Waals surface area contributed by atoms with Crippen LogP contribution in [0.4, 0.5) is 15.8 Å². The molecule has 1 unspecified atom stereocenters. The highest BCUT2D eigenvalue weighted by atomic mass is 19.1. The lowest BCUT2D eigenvalue weighted by molar-refractivity contribution is -0.384. The van der Waals surface area contributed by atoms with E-state index >= 15 is 0 Å². The van der Waals surface area contributed by atoms with Gasteiger partial charge in [-0.2, -0.15) is 0 Å². The highest BCUT2D eigenvalue weighted by Crippen LogP contribution is 2.29. The van der Waals surface area contributed by atoms with E-state index in [9.17, 15) is 14.5 Å². The first-order valence-corrected chi connectivity index (χ1v) is 5.83. The van der Waals surface area contributed by atoms with Gasteiger partial charge in [-0.15, -0.1) is 0 Å². The summed E-state index contributed by atoms with van der Waals surface area (Å²) >= 11 is 0. The van der Waals surface area contributed by atoms with Crippen molar-refractivity contribution in [3.63, 3.8) is 0 Å². The zero-order valence-electron chi connectivity index (χ0n) is 9.88. The molecule has 1 saturated heterocycles. The van der Waals surface area contributed by atoms with Crippen LogP contribution < -0.4 is 4.90 Å². The zero-order chi connectivity index (χ0) is 13.2. The van der Waals surface area contributed by atoms with Gasteiger partial charge in [-0.1, -0.05) is 0 Å². The lowest BCUT2D eigenvalue weighted by Crippen LogP contribution is -2.47. The van der Waals surface area contributed by atoms with Gasteiger partial charge < -0.3 is 10.0 Å². The van der Waals surface area contributed by atoms with Gasteiger partial charge in [0.15, 0.2) is 5.67 Å². The predicted molar refractivity (Wildman–Crippen MR) is 65.5 cm³/mol. The molecule has 6 heteroatoms. The summed E-state index contributed by atoms with van der Waals surface area (Å²) in [6, 6.07) is 6.04. The Kier molecular flexibility index (Phi) is 3.47. The van der Waals surface area contributed by atoms with Crippen molar-refractivity contribution in [2.75, 3.05) is 24.6 Å². The van der Waals surface area contributed by atoms with Gasteiger partial charge >= 0.3 is 0 Å². The molecule has 1 fully saturated rings. The second kappa shape index (κ2) is 4.89. The fraction of sp³-hybridized carbons (Fsp3) is 0.500. The largest absolute Gasteiger partial charge is 0.393 e. The van der Waals surface area contributed by atoms with E-state index in [0.29, 0.717) is 19.4 Å². The van der Waals surface area contributed by atoms with Crippen molar-refractivity contribution < 1.29 is 14.4 Å². The van der Waals surface area contributed by atoms with E-state index in [4.69, 9.17) is 5.11 Å². The van der Waals surface area contributed by atoms with Gasteiger partial charge in [-0.25, -0.2) is 4.39 Å². The summed E-state index contributed by atoms with van der Waals surface area (Å²) < 4.78 is 14.0. The van der Waals surface area contributed by atoms with E-state index in [-0.39, 0.29) is 12.2 Å². The van der Waals surface area contributed by atoms with Gasteiger partial charge in [0, 0.05) is 24.4 Å². The number of anilines is 1. The van der Waals surface area contributed by atoms with Crippen LogP contribution in [0, 0.1) is 10.1 Å². The van der Waals surface area contributed by atoms with Crippen LogP contribution in [0.1, 0.15) is 12.8 Å². The van der Waals surface area contributed by atoms with Gasteiger partial charge in [0.2, 0.25) is 0 Å². The molecule has 18 heavy (non-hydrogen) atoms. The molecule has 0 bridgehead atoms. The molecule has 1 aliphatic heterocycles. The van der Waals surface area contributed by atoms with E-state index in [0.717, 1.165) is 5.69 Å². The summed E-state index contributed by atoms with van der Waals surface area (Å²) in [5.41, 5.74) is -0.805. The molecular weight excluding hydrogens is 239 g/mol. The fourth-order valence-electron chi connectivity index (χ4n) is 2.22. The van der Waals surface area contributed by atoms with Crippen molar-refractivity contribution >= 4 is 11.4 Å². The Morgan fingerprint density at radius 3 is 2.67 bits per heavy atom. The van der Waals surface area contributed by atoms with Crippen LogP contribution in [-0.2, 0) is 0 Å². The summed E-state index contributed by atoms with van der Waals surface area (Å²) in [7, 11) is 0. The Balaban J connectivity index is 2.14. The normalized spacial score (nSPS) is 24.0. The second-order valence-corrected chi connectivity index (χ2v) is 4.61. The third-order valence-corrected chi connectivity index (χ3v) is 3.24. The molecule has 1 aliphatic rings. The van der Waals surface area contributed by atoms with E-state index in [2.05, 4.69) is 0 Å². The molecule has 0 amide bonds. The molecule has 0 spiro atoms. The molecule has 0 aliphatic carbocycles. The number of rotatable bonds is 3. The average Bonchev–Trinajstić information content (AvgIpc) is 2.39. The van der Waals surface area contributed by atoms with Crippen molar-refractivity contribution in [1.29, 1.82) is 0 Å². The minimum Gasteiger partial charge on any atom is -0.393 e. The Bertz CT molecular complexity index is 437. The summed E-state index contributed by atoms with van der Waals surface area (Å²) in [5, 5.41) is 19.6. The van der Waals surface area contributed by atoms with Crippen LogP contribution in [0.25, 0.3) is 0 Å². The van der Waals surface area contributed by atoms with Crippen molar-refractivity contribution in [1.82, 2.24) is 0 Å². The lowest BCUT2D eigenvalue weighted by atomic mass is 9.95. The molecule has 1 aromatic rings. The molecule has 98 valence electrons. The molecule has 1 heterocycles. The number of nitrogens with zero attached hydrogens (tertiary/aromatic N) is 2. The Morgan fingerprint density at radius 1 is 1.44 bits per heavy atom.